The fourth-order valence-corrected chi connectivity index (χ4v) is 5.77. The molecule has 0 radical (unpaired) electrons. The molecule has 5 aromatic rings. The smallest absolute Gasteiger partial charge is 0.338 e. The van der Waals surface area contributed by atoms with Gasteiger partial charge in [0.15, 0.2) is 5.15 Å². The van der Waals surface area contributed by atoms with E-state index in [4.69, 9.17) is 21.1 Å². The number of ether oxygens (including phenoxy) is 2. The van der Waals surface area contributed by atoms with Crippen molar-refractivity contribution in [3.8, 4) is 22.5 Å². The lowest BCUT2D eigenvalue weighted by atomic mass is 9.98. The molecule has 0 saturated carbocycles. The molecule has 10 nitrogen and oxygen atoms in total. The Kier molecular flexibility index (Phi) is 9.94. The Bertz CT molecular complexity index is 1700. The molecular weight excluding hydrogens is 590 g/mol. The van der Waals surface area contributed by atoms with E-state index in [0.29, 0.717) is 28.8 Å². The quantitative estimate of drug-likeness (QED) is 0.169. The first-order valence-electron chi connectivity index (χ1n) is 15.3. The minimum Gasteiger partial charge on any atom is -0.456 e. The standard InChI is InChI=1S/C34H36ClN7O3/c1-2-3-8-31-36-32(35)30(23-45-34(43)27-15-11-24(12-16-27)21-41-17-19-44-20-18-41)42(31)22-25-9-13-26(14-10-25)28-6-4-5-7-29(28)33-37-39-40-38-33/h4-7,9-16H,2-3,8,17-23H2,1H3,(H,37,38,39,40). The van der Waals surface area contributed by atoms with Crippen molar-refractivity contribution in [1.29, 1.82) is 0 Å². The molecule has 11 heteroatoms. The van der Waals surface area contributed by atoms with E-state index in [2.05, 4.69) is 66.3 Å². The van der Waals surface area contributed by atoms with Crippen molar-refractivity contribution in [2.75, 3.05) is 26.3 Å². The van der Waals surface area contributed by atoms with Crippen molar-refractivity contribution in [2.24, 2.45) is 0 Å². The van der Waals surface area contributed by atoms with Gasteiger partial charge in [-0.15, -0.1) is 10.2 Å². The number of hydrogen-bond donors (Lipinski definition) is 1. The predicted octanol–water partition coefficient (Wildman–Crippen LogP) is 5.96. The van der Waals surface area contributed by atoms with E-state index in [-0.39, 0.29) is 6.61 Å². The van der Waals surface area contributed by atoms with Gasteiger partial charge >= 0.3 is 5.97 Å². The number of rotatable bonds is 12. The molecule has 0 amide bonds. The number of unbranched alkanes of at least 4 members (excludes halogenated alkanes) is 1. The van der Waals surface area contributed by atoms with E-state index in [1.165, 1.54) is 0 Å². The van der Waals surface area contributed by atoms with Crippen LogP contribution < -0.4 is 0 Å². The van der Waals surface area contributed by atoms with Crippen molar-refractivity contribution in [1.82, 2.24) is 35.1 Å². The van der Waals surface area contributed by atoms with Gasteiger partial charge in [0, 0.05) is 38.2 Å². The van der Waals surface area contributed by atoms with Crippen LogP contribution >= 0.6 is 11.6 Å². The lowest BCUT2D eigenvalue weighted by Gasteiger charge is -2.26. The van der Waals surface area contributed by atoms with Gasteiger partial charge in [-0.25, -0.2) is 9.78 Å². The van der Waals surface area contributed by atoms with Crippen LogP contribution in [0.1, 0.15) is 52.8 Å². The van der Waals surface area contributed by atoms with Crippen LogP contribution in [0.15, 0.2) is 72.8 Å². The number of carbonyl (C=O) groups is 1. The van der Waals surface area contributed by atoms with Crippen molar-refractivity contribution in [3.05, 3.63) is 106 Å². The van der Waals surface area contributed by atoms with Gasteiger partial charge in [0.25, 0.3) is 0 Å². The number of nitrogens with one attached hydrogen (secondary N) is 1. The van der Waals surface area contributed by atoms with E-state index >= 15 is 0 Å². The number of hydrogen-bond acceptors (Lipinski definition) is 8. The maximum Gasteiger partial charge on any atom is 0.338 e. The SMILES string of the molecule is CCCCc1nc(Cl)c(COC(=O)c2ccc(CN3CCOCC3)cc2)n1Cc1ccc(-c2ccccc2-c2nn[nH]n2)cc1. The summed E-state index contributed by atoms with van der Waals surface area (Å²) in [7, 11) is 0. The first-order chi connectivity index (χ1) is 22.1. The van der Waals surface area contributed by atoms with Gasteiger partial charge in [0.1, 0.15) is 12.4 Å². The fourth-order valence-electron chi connectivity index (χ4n) is 5.51. The summed E-state index contributed by atoms with van der Waals surface area (Å²) in [5, 5.41) is 14.9. The number of tetrazole rings is 1. The Morgan fingerprint density at radius 2 is 1.67 bits per heavy atom. The van der Waals surface area contributed by atoms with Crippen LogP contribution in [0.2, 0.25) is 5.15 Å². The minimum atomic E-state index is -0.392. The topological polar surface area (TPSA) is 111 Å². The zero-order chi connectivity index (χ0) is 31.0. The van der Waals surface area contributed by atoms with Crippen LogP contribution in [0.3, 0.4) is 0 Å². The average molecular weight is 626 g/mol. The lowest BCUT2D eigenvalue weighted by Crippen LogP contribution is -2.35. The lowest BCUT2D eigenvalue weighted by molar-refractivity contribution is 0.0342. The van der Waals surface area contributed by atoms with Crippen LogP contribution in [-0.2, 0) is 35.6 Å². The zero-order valence-corrected chi connectivity index (χ0v) is 26.0. The number of aromatic amines is 1. The Labute approximate surface area is 267 Å². The van der Waals surface area contributed by atoms with Crippen LogP contribution in [-0.4, -0.2) is 67.3 Å². The number of imidazole rings is 1. The number of aryl methyl sites for hydroxylation is 1. The molecule has 232 valence electrons. The van der Waals surface area contributed by atoms with Gasteiger partial charge in [-0.05, 0) is 46.0 Å². The molecule has 3 heterocycles. The molecule has 1 saturated heterocycles. The average Bonchev–Trinajstić information content (AvgIpc) is 3.72. The second-order valence-electron chi connectivity index (χ2n) is 11.1. The highest BCUT2D eigenvalue weighted by Gasteiger charge is 2.19. The molecule has 1 fully saturated rings. The summed E-state index contributed by atoms with van der Waals surface area (Å²) in [6.07, 6.45) is 2.80. The summed E-state index contributed by atoms with van der Waals surface area (Å²) < 4.78 is 13.3. The maximum atomic E-state index is 13.0. The Morgan fingerprint density at radius 1 is 0.956 bits per heavy atom. The monoisotopic (exact) mass is 625 g/mol. The summed E-state index contributed by atoms with van der Waals surface area (Å²) in [6, 6.07) is 23.9. The van der Waals surface area contributed by atoms with Crippen molar-refractivity contribution in [2.45, 2.75) is 45.9 Å². The second kappa shape index (κ2) is 14.6. The van der Waals surface area contributed by atoms with Crippen molar-refractivity contribution in [3.63, 3.8) is 0 Å². The fraction of sp³-hybridized carbons (Fsp3) is 0.324. The minimum absolute atomic E-state index is 0.0302. The predicted molar refractivity (Wildman–Crippen MR) is 172 cm³/mol. The van der Waals surface area contributed by atoms with Crippen LogP contribution in [0.25, 0.3) is 22.5 Å². The van der Waals surface area contributed by atoms with Gasteiger partial charge in [-0.2, -0.15) is 5.21 Å². The number of esters is 1. The molecule has 0 aliphatic carbocycles. The molecule has 6 rings (SSSR count). The zero-order valence-electron chi connectivity index (χ0n) is 25.3. The highest BCUT2D eigenvalue weighted by atomic mass is 35.5. The molecule has 0 unspecified atom stereocenters. The van der Waals surface area contributed by atoms with E-state index in [1.807, 2.05) is 48.5 Å². The van der Waals surface area contributed by atoms with E-state index in [0.717, 1.165) is 85.8 Å². The van der Waals surface area contributed by atoms with Gasteiger partial charge in [-0.3, -0.25) is 4.90 Å². The third-order valence-electron chi connectivity index (χ3n) is 8.02. The molecule has 0 bridgehead atoms. The maximum absolute atomic E-state index is 13.0. The number of benzene rings is 3. The number of aromatic nitrogens is 6. The second-order valence-corrected chi connectivity index (χ2v) is 11.5. The number of carbonyl (C=O) groups excluding carboxylic acids is 1. The number of nitrogens with zero attached hydrogens (tertiary/aromatic N) is 6. The summed E-state index contributed by atoms with van der Waals surface area (Å²) in [4.78, 5) is 20.0. The van der Waals surface area contributed by atoms with Gasteiger partial charge in [0.05, 0.1) is 24.5 Å². The Morgan fingerprint density at radius 3 is 2.38 bits per heavy atom. The van der Waals surface area contributed by atoms with Gasteiger partial charge < -0.3 is 14.0 Å². The van der Waals surface area contributed by atoms with Crippen LogP contribution in [0, 0.1) is 0 Å². The molecule has 1 aliphatic heterocycles. The summed E-state index contributed by atoms with van der Waals surface area (Å²) >= 11 is 6.65. The van der Waals surface area contributed by atoms with E-state index < -0.39 is 5.97 Å². The van der Waals surface area contributed by atoms with Gasteiger partial charge in [-0.1, -0.05) is 85.6 Å². The molecule has 3 aromatic carbocycles. The molecule has 0 atom stereocenters. The van der Waals surface area contributed by atoms with Crippen molar-refractivity contribution < 1.29 is 14.3 Å². The first-order valence-corrected chi connectivity index (χ1v) is 15.7. The van der Waals surface area contributed by atoms with Crippen molar-refractivity contribution >= 4 is 17.6 Å². The van der Waals surface area contributed by atoms with Crippen LogP contribution in [0.5, 0.6) is 0 Å². The molecular formula is C34H36ClN7O3. The third-order valence-corrected chi connectivity index (χ3v) is 8.32. The Balaban J connectivity index is 1.16. The number of halogens is 1. The van der Waals surface area contributed by atoms with Crippen LogP contribution in [0.4, 0.5) is 0 Å². The molecule has 1 aliphatic rings. The highest BCUT2D eigenvalue weighted by molar-refractivity contribution is 6.30. The highest BCUT2D eigenvalue weighted by Crippen LogP contribution is 2.30. The Hall–Kier alpha value is -4.38. The summed E-state index contributed by atoms with van der Waals surface area (Å²) in [5.74, 6) is 1.04. The summed E-state index contributed by atoms with van der Waals surface area (Å²) in [5.41, 5.74) is 6.38. The third kappa shape index (κ3) is 7.47. The van der Waals surface area contributed by atoms with Gasteiger partial charge in [0.2, 0.25) is 5.82 Å². The molecule has 2 aromatic heterocycles. The first kappa shape index (κ1) is 30.6. The largest absolute Gasteiger partial charge is 0.456 e. The van der Waals surface area contributed by atoms with E-state index in [9.17, 15) is 4.79 Å². The normalized spacial score (nSPS) is 13.6. The van der Waals surface area contributed by atoms with E-state index in [1.54, 1.807) is 0 Å². The molecule has 1 N–H and O–H groups in total. The summed E-state index contributed by atoms with van der Waals surface area (Å²) in [6.45, 7) is 6.90. The number of morpholine rings is 1. The number of H-pyrrole nitrogens is 1. The molecule has 0 spiro atoms. The molecule has 45 heavy (non-hydrogen) atoms.